The zero-order chi connectivity index (χ0) is 19.0. The van der Waals surface area contributed by atoms with E-state index in [1.54, 1.807) is 18.2 Å². The maximum Gasteiger partial charge on any atom is 0.411 e. The average molecular weight is 369 g/mol. The molecule has 2 aliphatic heterocycles. The zero-order valence-corrected chi connectivity index (χ0v) is 14.3. The van der Waals surface area contributed by atoms with Gasteiger partial charge in [0.15, 0.2) is 0 Å². The lowest BCUT2D eigenvalue weighted by Crippen LogP contribution is -2.53. The third-order valence-corrected chi connectivity index (χ3v) is 4.27. The molecule has 0 saturated heterocycles. The van der Waals surface area contributed by atoms with Crippen LogP contribution in [0.1, 0.15) is 11.3 Å². The van der Waals surface area contributed by atoms with Gasteiger partial charge in [0.1, 0.15) is 0 Å². The van der Waals surface area contributed by atoms with Gasteiger partial charge >= 0.3 is 23.9 Å². The summed E-state index contributed by atoms with van der Waals surface area (Å²) in [7, 11) is 1.23. The summed E-state index contributed by atoms with van der Waals surface area (Å²) in [5.41, 5.74) is 1.70. The van der Waals surface area contributed by atoms with Crippen molar-refractivity contribution in [2.24, 2.45) is 0 Å². The first-order valence-corrected chi connectivity index (χ1v) is 8.18. The van der Waals surface area contributed by atoms with Gasteiger partial charge in [-0.2, -0.15) is 0 Å². The van der Waals surface area contributed by atoms with Crippen LogP contribution in [0, 0.1) is 0 Å². The van der Waals surface area contributed by atoms with E-state index in [0.717, 1.165) is 12.2 Å². The van der Waals surface area contributed by atoms with E-state index in [4.69, 9.17) is 14.2 Å². The number of carbonyl (C=O) groups is 3. The number of rotatable bonds is 1. The molecule has 1 spiro atoms. The van der Waals surface area contributed by atoms with Gasteiger partial charge < -0.3 is 14.2 Å². The first-order valence-electron chi connectivity index (χ1n) is 8.18. The van der Waals surface area contributed by atoms with Gasteiger partial charge in [-0.25, -0.2) is 19.7 Å². The predicted octanol–water partition coefficient (Wildman–Crippen LogP) is 1.33. The van der Waals surface area contributed by atoms with E-state index in [1.807, 2.05) is 6.07 Å². The Morgan fingerprint density at radius 3 is 2.63 bits per heavy atom. The van der Waals surface area contributed by atoms with Gasteiger partial charge in [0.05, 0.1) is 29.6 Å². The van der Waals surface area contributed by atoms with Crippen molar-refractivity contribution >= 4 is 34.6 Å². The number of ether oxygens (including phenoxy) is 3. The highest BCUT2D eigenvalue weighted by molar-refractivity contribution is 6.01. The molecule has 3 heterocycles. The molecule has 27 heavy (non-hydrogen) atoms. The van der Waals surface area contributed by atoms with Crippen molar-refractivity contribution in [1.82, 2.24) is 10.3 Å². The second-order valence-corrected chi connectivity index (χ2v) is 5.91. The van der Waals surface area contributed by atoms with Crippen LogP contribution in [0.15, 0.2) is 36.4 Å². The van der Waals surface area contributed by atoms with Crippen molar-refractivity contribution in [2.45, 2.75) is 12.3 Å². The molecule has 2 N–H and O–H groups in total. The summed E-state index contributed by atoms with van der Waals surface area (Å²) in [6, 6.07) is 7.12. The van der Waals surface area contributed by atoms with Gasteiger partial charge in [-0.1, -0.05) is 18.2 Å². The second kappa shape index (κ2) is 6.36. The van der Waals surface area contributed by atoms with E-state index >= 15 is 0 Å². The fraction of sp³-hybridized carbons (Fsp3) is 0.222. The third kappa shape index (κ3) is 2.87. The number of nitrogens with zero attached hydrogens (tertiary/aromatic N) is 1. The summed E-state index contributed by atoms with van der Waals surface area (Å²) in [4.78, 5) is 40.7. The van der Waals surface area contributed by atoms with Crippen LogP contribution in [0.5, 0.6) is 0 Å². The molecule has 0 saturated carbocycles. The van der Waals surface area contributed by atoms with Crippen LogP contribution >= 0.6 is 0 Å². The van der Waals surface area contributed by atoms with Crippen molar-refractivity contribution in [3.8, 4) is 0 Å². The first kappa shape index (κ1) is 17.0. The average Bonchev–Trinajstić information content (AvgIpc) is 2.79. The predicted molar refractivity (Wildman–Crippen MR) is 92.5 cm³/mol. The number of pyridine rings is 1. The Morgan fingerprint density at radius 1 is 1.22 bits per heavy atom. The van der Waals surface area contributed by atoms with Gasteiger partial charge in [-0.05, 0) is 6.07 Å². The van der Waals surface area contributed by atoms with Crippen LogP contribution in [-0.4, -0.2) is 36.7 Å². The largest absolute Gasteiger partial charge is 0.453 e. The molecule has 0 unspecified atom stereocenters. The van der Waals surface area contributed by atoms with E-state index in [0.29, 0.717) is 29.6 Å². The fourth-order valence-electron chi connectivity index (χ4n) is 3.20. The number of nitrogens with one attached hydrogen (secondary N) is 2. The molecule has 138 valence electrons. The van der Waals surface area contributed by atoms with Crippen molar-refractivity contribution < 1.29 is 28.6 Å². The molecule has 0 fully saturated rings. The number of para-hydroxylation sites is 1. The Morgan fingerprint density at radius 2 is 1.93 bits per heavy atom. The standard InChI is InChI=1S/C18H15N3O6/c1-25-17(24)21-16-10-4-2-3-5-11(10)20-12-8-9-19-18(15(12)16)26-13(22)6-7-14(23)27-18/h2-7,19H,8-9H2,1H3,(H,20,21,24). The van der Waals surface area contributed by atoms with Crippen molar-refractivity contribution in [2.75, 3.05) is 19.0 Å². The summed E-state index contributed by atoms with van der Waals surface area (Å²) < 4.78 is 15.6. The molecule has 9 nitrogen and oxygen atoms in total. The maximum atomic E-state index is 12.1. The molecular formula is C18H15N3O6. The highest BCUT2D eigenvalue weighted by atomic mass is 16.8. The molecular weight excluding hydrogens is 354 g/mol. The van der Waals surface area contributed by atoms with E-state index in [2.05, 4.69) is 15.6 Å². The Bertz CT molecular complexity index is 980. The van der Waals surface area contributed by atoms with Gasteiger partial charge in [0, 0.05) is 30.5 Å². The van der Waals surface area contributed by atoms with Gasteiger partial charge in [-0.15, -0.1) is 0 Å². The van der Waals surface area contributed by atoms with Gasteiger partial charge in [0.2, 0.25) is 0 Å². The fourth-order valence-corrected chi connectivity index (χ4v) is 3.20. The molecule has 0 bridgehead atoms. The number of amides is 1. The van der Waals surface area contributed by atoms with Crippen LogP contribution in [0.2, 0.25) is 0 Å². The maximum absolute atomic E-state index is 12.1. The monoisotopic (exact) mass is 369 g/mol. The van der Waals surface area contributed by atoms with Crippen molar-refractivity contribution in [1.29, 1.82) is 0 Å². The third-order valence-electron chi connectivity index (χ3n) is 4.27. The minimum Gasteiger partial charge on any atom is -0.453 e. The van der Waals surface area contributed by atoms with Crippen LogP contribution < -0.4 is 10.6 Å². The molecule has 1 aromatic heterocycles. The molecule has 9 heteroatoms. The van der Waals surface area contributed by atoms with E-state index in [-0.39, 0.29) is 11.3 Å². The SMILES string of the molecule is COC(=O)Nc1c2c(nc3ccccc13)CCNC21OC(=O)C=CC(=O)O1. The molecule has 0 atom stereocenters. The summed E-state index contributed by atoms with van der Waals surface area (Å²) in [6.07, 6.45) is 1.71. The quantitative estimate of drug-likeness (QED) is 0.723. The van der Waals surface area contributed by atoms with Crippen LogP contribution in [0.25, 0.3) is 10.9 Å². The highest BCUT2D eigenvalue weighted by Gasteiger charge is 2.48. The van der Waals surface area contributed by atoms with Gasteiger partial charge in [0.25, 0.3) is 0 Å². The second-order valence-electron chi connectivity index (χ2n) is 5.91. The number of hydrogen-bond acceptors (Lipinski definition) is 8. The number of benzene rings is 1. The van der Waals surface area contributed by atoms with Crippen LogP contribution in [0.3, 0.4) is 0 Å². The number of fused-ring (bicyclic) bond motifs is 3. The number of aromatic nitrogens is 1. The lowest BCUT2D eigenvalue weighted by molar-refractivity contribution is -0.241. The summed E-state index contributed by atoms with van der Waals surface area (Å²) in [5.74, 6) is -3.43. The molecule has 0 radical (unpaired) electrons. The number of carbonyl (C=O) groups excluding carboxylic acids is 3. The lowest BCUT2D eigenvalue weighted by atomic mass is 9.97. The Hall–Kier alpha value is -3.46. The minimum atomic E-state index is -1.90. The first-order chi connectivity index (χ1) is 13.0. The summed E-state index contributed by atoms with van der Waals surface area (Å²) in [6.45, 7) is 0.344. The van der Waals surface area contributed by atoms with Crippen LogP contribution in [0.4, 0.5) is 10.5 Å². The molecule has 4 rings (SSSR count). The molecule has 1 aromatic carbocycles. The highest BCUT2D eigenvalue weighted by Crippen LogP contribution is 2.40. The Balaban J connectivity index is 2.00. The lowest BCUT2D eigenvalue weighted by Gasteiger charge is -2.37. The normalized spacial score (nSPS) is 17.7. The summed E-state index contributed by atoms with van der Waals surface area (Å²) in [5, 5.41) is 6.15. The van der Waals surface area contributed by atoms with E-state index in [1.165, 1.54) is 7.11 Å². The number of hydrogen-bond donors (Lipinski definition) is 2. The van der Waals surface area contributed by atoms with E-state index < -0.39 is 23.9 Å². The zero-order valence-electron chi connectivity index (χ0n) is 14.3. The minimum absolute atomic E-state index is 0.253. The van der Waals surface area contributed by atoms with Crippen molar-refractivity contribution in [3.05, 3.63) is 47.7 Å². The molecule has 2 aromatic rings. The van der Waals surface area contributed by atoms with Crippen LogP contribution in [-0.2, 0) is 36.1 Å². The van der Waals surface area contributed by atoms with Crippen molar-refractivity contribution in [3.63, 3.8) is 0 Å². The Kier molecular flexibility index (Phi) is 4.00. The smallest absolute Gasteiger partial charge is 0.411 e. The van der Waals surface area contributed by atoms with E-state index in [9.17, 15) is 14.4 Å². The topological polar surface area (TPSA) is 116 Å². The summed E-state index contributed by atoms with van der Waals surface area (Å²) >= 11 is 0. The molecule has 1 amide bonds. The molecule has 0 aliphatic carbocycles. The number of anilines is 1. The molecule has 2 aliphatic rings. The Labute approximate surface area is 153 Å². The number of methoxy groups -OCH3 is 1. The number of esters is 2. The van der Waals surface area contributed by atoms with Gasteiger partial charge in [-0.3, -0.25) is 10.3 Å².